The Morgan fingerprint density at radius 1 is 1.42 bits per heavy atom. The highest BCUT2D eigenvalue weighted by molar-refractivity contribution is 7.91. The van der Waals surface area contributed by atoms with Crippen LogP contribution in [0.4, 0.5) is 0 Å². The van der Waals surface area contributed by atoms with Crippen LogP contribution in [0.1, 0.15) is 6.42 Å². The number of benzene rings is 1. The van der Waals surface area contributed by atoms with E-state index in [1.54, 1.807) is 31.4 Å². The Bertz CT molecular complexity index is 526. The molecule has 19 heavy (non-hydrogen) atoms. The fraction of sp³-hybridized carbons (Fsp3) is 0.538. The minimum absolute atomic E-state index is 0.0512. The van der Waals surface area contributed by atoms with Gasteiger partial charge < -0.3 is 14.6 Å². The Morgan fingerprint density at radius 3 is 2.79 bits per heavy atom. The summed E-state index contributed by atoms with van der Waals surface area (Å²) in [7, 11) is -1.40. The first-order chi connectivity index (χ1) is 9.00. The van der Waals surface area contributed by atoms with Crippen molar-refractivity contribution in [3.05, 3.63) is 24.3 Å². The molecular formula is C13H18O5S. The molecule has 6 heteroatoms. The average Bonchev–Trinajstić information content (AvgIpc) is 2.76. The summed E-state index contributed by atoms with van der Waals surface area (Å²) in [4.78, 5) is 0. The van der Waals surface area contributed by atoms with E-state index in [1.165, 1.54) is 0 Å². The number of sulfone groups is 1. The quantitative estimate of drug-likeness (QED) is 0.869. The van der Waals surface area contributed by atoms with Gasteiger partial charge in [0.25, 0.3) is 0 Å². The molecule has 106 valence electrons. The van der Waals surface area contributed by atoms with E-state index in [2.05, 4.69) is 0 Å². The van der Waals surface area contributed by atoms with Gasteiger partial charge in [0.15, 0.2) is 9.84 Å². The summed E-state index contributed by atoms with van der Waals surface area (Å²) in [5.41, 5.74) is 0. The third-order valence-corrected chi connectivity index (χ3v) is 5.07. The molecule has 1 aliphatic heterocycles. The van der Waals surface area contributed by atoms with Crippen molar-refractivity contribution in [3.63, 3.8) is 0 Å². The van der Waals surface area contributed by atoms with Gasteiger partial charge in [0.2, 0.25) is 0 Å². The predicted octanol–water partition coefficient (Wildman–Crippen LogP) is 0.870. The fourth-order valence-corrected chi connectivity index (χ4v) is 4.01. The van der Waals surface area contributed by atoms with Crippen LogP contribution in [0.5, 0.6) is 11.5 Å². The monoisotopic (exact) mass is 286 g/mol. The van der Waals surface area contributed by atoms with E-state index in [-0.39, 0.29) is 24.0 Å². The van der Waals surface area contributed by atoms with Crippen molar-refractivity contribution in [1.82, 2.24) is 0 Å². The third kappa shape index (κ3) is 3.84. The summed E-state index contributed by atoms with van der Waals surface area (Å²) in [5.74, 6) is 1.26. The summed E-state index contributed by atoms with van der Waals surface area (Å²) in [6.07, 6.45) is -0.256. The van der Waals surface area contributed by atoms with E-state index in [1.807, 2.05) is 0 Å². The molecule has 0 aliphatic carbocycles. The lowest BCUT2D eigenvalue weighted by Crippen LogP contribution is -2.28. The van der Waals surface area contributed by atoms with Crippen LogP contribution in [0, 0.1) is 5.92 Å². The molecule has 2 rings (SSSR count). The minimum atomic E-state index is -2.97. The Morgan fingerprint density at radius 2 is 2.16 bits per heavy atom. The van der Waals surface area contributed by atoms with Gasteiger partial charge in [-0.2, -0.15) is 0 Å². The van der Waals surface area contributed by atoms with Crippen LogP contribution in [0.25, 0.3) is 0 Å². The van der Waals surface area contributed by atoms with Crippen LogP contribution in [0.2, 0.25) is 0 Å². The van der Waals surface area contributed by atoms with Crippen molar-refractivity contribution in [2.75, 3.05) is 25.2 Å². The second kappa shape index (κ2) is 5.79. The maximum atomic E-state index is 11.3. The van der Waals surface area contributed by atoms with Gasteiger partial charge in [-0.1, -0.05) is 6.07 Å². The Balaban J connectivity index is 1.88. The first-order valence-corrected chi connectivity index (χ1v) is 7.97. The summed E-state index contributed by atoms with van der Waals surface area (Å²) in [6, 6.07) is 7.08. The summed E-state index contributed by atoms with van der Waals surface area (Å²) in [6.45, 7) is 0.0906. The molecular weight excluding hydrogens is 268 g/mol. The fourth-order valence-electron chi connectivity index (χ4n) is 2.14. The Hall–Kier alpha value is -1.27. The first kappa shape index (κ1) is 14.1. The lowest BCUT2D eigenvalue weighted by atomic mass is 10.0. The standard InChI is InChI=1S/C13H18O5S/c1-17-11-3-2-4-12(7-11)18-8-13(14)10-5-6-19(15,16)9-10/h2-4,7,10,13-14H,5-6,8-9H2,1H3. The molecule has 0 saturated carbocycles. The zero-order valence-corrected chi connectivity index (χ0v) is 11.6. The molecule has 1 fully saturated rings. The van der Waals surface area contributed by atoms with Crippen molar-refractivity contribution in [1.29, 1.82) is 0 Å². The van der Waals surface area contributed by atoms with Crippen LogP contribution in [-0.2, 0) is 9.84 Å². The second-order valence-corrected chi connectivity index (χ2v) is 6.95. The highest BCUT2D eigenvalue weighted by atomic mass is 32.2. The molecule has 1 saturated heterocycles. The second-order valence-electron chi connectivity index (χ2n) is 4.72. The SMILES string of the molecule is COc1cccc(OCC(O)C2CCS(=O)(=O)C2)c1. The Kier molecular flexibility index (Phi) is 4.31. The molecule has 2 unspecified atom stereocenters. The number of hydrogen-bond donors (Lipinski definition) is 1. The molecule has 5 nitrogen and oxygen atoms in total. The molecule has 2 atom stereocenters. The number of aliphatic hydroxyl groups is 1. The van der Waals surface area contributed by atoms with Gasteiger partial charge in [-0.3, -0.25) is 0 Å². The summed E-state index contributed by atoms with van der Waals surface area (Å²) < 4.78 is 33.2. The first-order valence-electron chi connectivity index (χ1n) is 6.15. The third-order valence-electron chi connectivity index (χ3n) is 3.27. The number of hydrogen-bond acceptors (Lipinski definition) is 5. The largest absolute Gasteiger partial charge is 0.497 e. The van der Waals surface area contributed by atoms with Gasteiger partial charge in [-0.05, 0) is 18.6 Å². The smallest absolute Gasteiger partial charge is 0.150 e. The number of aliphatic hydroxyl groups excluding tert-OH is 1. The van der Waals surface area contributed by atoms with E-state index in [9.17, 15) is 13.5 Å². The zero-order valence-electron chi connectivity index (χ0n) is 10.8. The van der Waals surface area contributed by atoms with Crippen molar-refractivity contribution in [2.45, 2.75) is 12.5 Å². The van der Waals surface area contributed by atoms with Gasteiger partial charge in [0.05, 0.1) is 24.7 Å². The topological polar surface area (TPSA) is 72.8 Å². The highest BCUT2D eigenvalue weighted by Crippen LogP contribution is 2.23. The van der Waals surface area contributed by atoms with Crippen LogP contribution in [0.15, 0.2) is 24.3 Å². The maximum Gasteiger partial charge on any atom is 0.150 e. The average molecular weight is 286 g/mol. The number of methoxy groups -OCH3 is 1. The van der Waals surface area contributed by atoms with Crippen molar-refractivity contribution < 1.29 is 23.0 Å². The molecule has 0 bridgehead atoms. The van der Waals surface area contributed by atoms with E-state index in [4.69, 9.17) is 9.47 Å². The molecule has 1 aromatic rings. The summed E-state index contributed by atoms with van der Waals surface area (Å²) in [5, 5.41) is 9.95. The van der Waals surface area contributed by atoms with Gasteiger partial charge in [-0.15, -0.1) is 0 Å². The molecule has 1 N–H and O–H groups in total. The van der Waals surface area contributed by atoms with Crippen LogP contribution < -0.4 is 9.47 Å². The Labute approximate surface area is 113 Å². The lowest BCUT2D eigenvalue weighted by Gasteiger charge is -2.17. The van der Waals surface area contributed by atoms with Gasteiger partial charge >= 0.3 is 0 Å². The number of rotatable bonds is 5. The lowest BCUT2D eigenvalue weighted by molar-refractivity contribution is 0.0660. The van der Waals surface area contributed by atoms with Gasteiger partial charge in [0.1, 0.15) is 18.1 Å². The minimum Gasteiger partial charge on any atom is -0.497 e. The molecule has 1 heterocycles. The van der Waals surface area contributed by atoms with Crippen LogP contribution in [-0.4, -0.2) is 44.9 Å². The molecule has 0 radical (unpaired) electrons. The van der Waals surface area contributed by atoms with Crippen molar-refractivity contribution in [3.8, 4) is 11.5 Å². The predicted molar refractivity (Wildman–Crippen MR) is 71.3 cm³/mol. The zero-order chi connectivity index (χ0) is 13.9. The highest BCUT2D eigenvalue weighted by Gasteiger charge is 2.33. The molecule has 0 aromatic heterocycles. The molecule has 0 spiro atoms. The van der Waals surface area contributed by atoms with E-state index in [0.29, 0.717) is 17.9 Å². The van der Waals surface area contributed by atoms with Gasteiger partial charge in [-0.25, -0.2) is 8.42 Å². The maximum absolute atomic E-state index is 11.3. The summed E-state index contributed by atoms with van der Waals surface area (Å²) >= 11 is 0. The van der Waals surface area contributed by atoms with E-state index >= 15 is 0 Å². The van der Waals surface area contributed by atoms with Crippen LogP contribution >= 0.6 is 0 Å². The molecule has 1 aromatic carbocycles. The van der Waals surface area contributed by atoms with E-state index < -0.39 is 15.9 Å². The van der Waals surface area contributed by atoms with Crippen molar-refractivity contribution >= 4 is 9.84 Å². The van der Waals surface area contributed by atoms with Crippen LogP contribution in [0.3, 0.4) is 0 Å². The number of ether oxygens (including phenoxy) is 2. The van der Waals surface area contributed by atoms with Crippen molar-refractivity contribution in [2.24, 2.45) is 5.92 Å². The molecule has 0 amide bonds. The van der Waals surface area contributed by atoms with Gasteiger partial charge in [0, 0.05) is 12.0 Å². The van der Waals surface area contributed by atoms with E-state index in [0.717, 1.165) is 0 Å². The molecule has 1 aliphatic rings. The normalized spacial score (nSPS) is 22.9.